The van der Waals surface area contributed by atoms with E-state index in [0.717, 1.165) is 21.5 Å². The van der Waals surface area contributed by atoms with Gasteiger partial charge in [-0.3, -0.25) is 18.7 Å². The Morgan fingerprint density at radius 1 is 1.15 bits per heavy atom. The highest BCUT2D eigenvalue weighted by Crippen LogP contribution is 2.17. The first-order chi connectivity index (χ1) is 12.2. The Morgan fingerprint density at radius 3 is 2.35 bits per heavy atom. The van der Waals surface area contributed by atoms with Crippen LogP contribution in [-0.4, -0.2) is 31.3 Å². The summed E-state index contributed by atoms with van der Waals surface area (Å²) in [6.07, 6.45) is 2.55. The van der Waals surface area contributed by atoms with Crippen molar-refractivity contribution >= 4 is 17.7 Å². The summed E-state index contributed by atoms with van der Waals surface area (Å²) < 4.78 is 7.50. The summed E-state index contributed by atoms with van der Waals surface area (Å²) in [5, 5.41) is 0.706. The first kappa shape index (κ1) is 19.9. The molecular weight excluding hydrogens is 356 g/mol. The predicted octanol–water partition coefficient (Wildman–Crippen LogP) is 0.889. The fourth-order valence-corrected chi connectivity index (χ4v) is 2.99. The maximum absolute atomic E-state index is 12.0. The van der Waals surface area contributed by atoms with E-state index in [2.05, 4.69) is 9.97 Å². The van der Waals surface area contributed by atoms with Crippen LogP contribution in [0.3, 0.4) is 0 Å². The standard InChI is InChI=1S/C17H22N4O4S/c1-10-13(11(2)19-16(18-10)26-5)6-7-15(23)25-9-12-8-14(22)21(4)17(24)20(12)3/h8H,6-7,9H2,1-5H3. The second-order valence-electron chi connectivity index (χ2n) is 5.89. The molecule has 8 nitrogen and oxygen atoms in total. The van der Waals surface area contributed by atoms with E-state index in [9.17, 15) is 14.4 Å². The minimum atomic E-state index is -0.458. The van der Waals surface area contributed by atoms with Crippen LogP contribution in [0.1, 0.15) is 29.1 Å². The Labute approximate surface area is 155 Å². The van der Waals surface area contributed by atoms with Crippen molar-refractivity contribution in [3.05, 3.63) is 49.5 Å². The highest BCUT2D eigenvalue weighted by molar-refractivity contribution is 7.98. The molecule has 0 aromatic carbocycles. The van der Waals surface area contributed by atoms with Crippen molar-refractivity contribution < 1.29 is 9.53 Å². The number of rotatable bonds is 6. The second kappa shape index (κ2) is 8.31. The number of esters is 1. The SMILES string of the molecule is CSc1nc(C)c(CCC(=O)OCc2cc(=O)n(C)c(=O)n2C)c(C)n1. The van der Waals surface area contributed by atoms with Crippen molar-refractivity contribution in [1.29, 1.82) is 0 Å². The monoisotopic (exact) mass is 378 g/mol. The van der Waals surface area contributed by atoms with Gasteiger partial charge in [-0.2, -0.15) is 0 Å². The third-order valence-corrected chi connectivity index (χ3v) is 4.72. The van der Waals surface area contributed by atoms with Crippen LogP contribution in [0, 0.1) is 13.8 Å². The Kier molecular flexibility index (Phi) is 6.36. The average Bonchev–Trinajstić information content (AvgIpc) is 2.60. The molecule has 2 heterocycles. The molecule has 0 radical (unpaired) electrons. The lowest BCUT2D eigenvalue weighted by atomic mass is 10.1. The number of thioether (sulfide) groups is 1. The van der Waals surface area contributed by atoms with Gasteiger partial charge in [-0.05, 0) is 32.1 Å². The van der Waals surface area contributed by atoms with Crippen LogP contribution < -0.4 is 11.2 Å². The third-order valence-electron chi connectivity index (χ3n) is 4.17. The molecule has 2 aromatic heterocycles. The molecule has 0 aliphatic rings. The first-order valence-corrected chi connectivity index (χ1v) is 9.26. The zero-order chi connectivity index (χ0) is 19.4. The zero-order valence-electron chi connectivity index (χ0n) is 15.5. The highest BCUT2D eigenvalue weighted by atomic mass is 32.2. The lowest BCUT2D eigenvalue weighted by Gasteiger charge is -2.11. The summed E-state index contributed by atoms with van der Waals surface area (Å²) in [6, 6.07) is 1.29. The van der Waals surface area contributed by atoms with Crippen LogP contribution in [0.4, 0.5) is 0 Å². The van der Waals surface area contributed by atoms with Crippen molar-refractivity contribution in [3.8, 4) is 0 Å². The number of carbonyl (C=O) groups is 1. The van der Waals surface area contributed by atoms with E-state index in [-0.39, 0.29) is 13.0 Å². The Bertz CT molecular complexity index is 926. The summed E-state index contributed by atoms with van der Waals surface area (Å²) in [7, 11) is 2.93. The van der Waals surface area contributed by atoms with Crippen molar-refractivity contribution in [2.45, 2.75) is 38.5 Å². The summed E-state index contributed by atoms with van der Waals surface area (Å²) in [5.41, 5.74) is 2.09. The number of aromatic nitrogens is 4. The third kappa shape index (κ3) is 4.40. The Hall–Kier alpha value is -2.42. The molecule has 0 spiro atoms. The maximum atomic E-state index is 12.0. The molecule has 0 unspecified atom stereocenters. The van der Waals surface area contributed by atoms with Gasteiger partial charge in [0.05, 0.1) is 5.69 Å². The number of aryl methyl sites for hydroxylation is 2. The van der Waals surface area contributed by atoms with Gasteiger partial charge in [0.15, 0.2) is 5.16 Å². The van der Waals surface area contributed by atoms with Crippen LogP contribution in [0.2, 0.25) is 0 Å². The number of nitrogens with zero attached hydrogens (tertiary/aromatic N) is 4. The molecule has 0 N–H and O–H groups in total. The molecule has 26 heavy (non-hydrogen) atoms. The van der Waals surface area contributed by atoms with Crippen molar-refractivity contribution in [2.75, 3.05) is 6.26 Å². The number of hydrogen-bond donors (Lipinski definition) is 0. The number of ether oxygens (including phenoxy) is 1. The van der Waals surface area contributed by atoms with Crippen LogP contribution in [0.15, 0.2) is 20.8 Å². The van der Waals surface area contributed by atoms with Gasteiger partial charge < -0.3 is 4.74 Å². The van der Waals surface area contributed by atoms with Gasteiger partial charge in [0.2, 0.25) is 0 Å². The van der Waals surface area contributed by atoms with Crippen LogP contribution in [0.5, 0.6) is 0 Å². The quantitative estimate of drug-likeness (QED) is 0.418. The van der Waals surface area contributed by atoms with Gasteiger partial charge in [-0.15, -0.1) is 0 Å². The van der Waals surface area contributed by atoms with E-state index in [1.54, 1.807) is 0 Å². The molecule has 2 rings (SSSR count). The Morgan fingerprint density at radius 2 is 1.77 bits per heavy atom. The van der Waals surface area contributed by atoms with Crippen LogP contribution in [0.25, 0.3) is 0 Å². The van der Waals surface area contributed by atoms with E-state index in [4.69, 9.17) is 4.74 Å². The normalized spacial score (nSPS) is 10.8. The van der Waals surface area contributed by atoms with Gasteiger partial charge in [0.25, 0.3) is 5.56 Å². The molecule has 9 heteroatoms. The predicted molar refractivity (Wildman–Crippen MR) is 98.3 cm³/mol. The fourth-order valence-electron chi connectivity index (χ4n) is 2.53. The van der Waals surface area contributed by atoms with E-state index >= 15 is 0 Å². The van der Waals surface area contributed by atoms with E-state index < -0.39 is 17.2 Å². The van der Waals surface area contributed by atoms with Gasteiger partial charge in [0, 0.05) is 38.0 Å². The minimum absolute atomic E-state index is 0.124. The molecule has 0 aliphatic heterocycles. The molecule has 0 bridgehead atoms. The topological polar surface area (TPSA) is 96.1 Å². The summed E-state index contributed by atoms with van der Waals surface area (Å²) >= 11 is 1.47. The molecule has 2 aromatic rings. The van der Waals surface area contributed by atoms with Gasteiger partial charge in [-0.1, -0.05) is 11.8 Å². The minimum Gasteiger partial charge on any atom is -0.459 e. The lowest BCUT2D eigenvalue weighted by Crippen LogP contribution is -2.38. The summed E-state index contributed by atoms with van der Waals surface area (Å²) in [5.74, 6) is -0.411. The van der Waals surface area contributed by atoms with Crippen LogP contribution in [-0.2, 0) is 36.7 Å². The Balaban J connectivity index is 2.01. The molecule has 0 saturated heterocycles. The van der Waals surface area contributed by atoms with Crippen molar-refractivity contribution in [2.24, 2.45) is 14.1 Å². The average molecular weight is 378 g/mol. The molecule has 0 atom stereocenters. The molecule has 140 valence electrons. The van der Waals surface area contributed by atoms with Gasteiger partial charge >= 0.3 is 11.7 Å². The van der Waals surface area contributed by atoms with E-state index in [1.165, 1.54) is 36.5 Å². The van der Waals surface area contributed by atoms with Crippen LogP contribution >= 0.6 is 11.8 Å². The lowest BCUT2D eigenvalue weighted by molar-refractivity contribution is -0.145. The second-order valence-corrected chi connectivity index (χ2v) is 6.67. The number of carbonyl (C=O) groups excluding carboxylic acids is 1. The summed E-state index contributed by atoms with van der Waals surface area (Å²) in [6.45, 7) is 3.66. The molecular formula is C17H22N4O4S. The highest BCUT2D eigenvalue weighted by Gasteiger charge is 2.13. The van der Waals surface area contributed by atoms with Gasteiger partial charge in [-0.25, -0.2) is 14.8 Å². The summed E-state index contributed by atoms with van der Waals surface area (Å²) in [4.78, 5) is 44.4. The molecule has 0 amide bonds. The largest absolute Gasteiger partial charge is 0.459 e. The van der Waals surface area contributed by atoms with E-state index in [0.29, 0.717) is 17.3 Å². The fraction of sp³-hybridized carbons (Fsp3) is 0.471. The van der Waals surface area contributed by atoms with Gasteiger partial charge in [0.1, 0.15) is 6.61 Å². The molecule has 0 fully saturated rings. The molecule has 0 aliphatic carbocycles. The van der Waals surface area contributed by atoms with Crippen molar-refractivity contribution in [1.82, 2.24) is 19.1 Å². The smallest absolute Gasteiger partial charge is 0.330 e. The maximum Gasteiger partial charge on any atom is 0.330 e. The first-order valence-electron chi connectivity index (χ1n) is 8.04. The molecule has 0 saturated carbocycles. The zero-order valence-corrected chi connectivity index (χ0v) is 16.3. The number of hydrogen-bond acceptors (Lipinski definition) is 7. The van der Waals surface area contributed by atoms with Crippen molar-refractivity contribution in [3.63, 3.8) is 0 Å². The van der Waals surface area contributed by atoms with E-state index in [1.807, 2.05) is 20.1 Å².